The molecule has 0 spiro atoms. The fourth-order valence-corrected chi connectivity index (χ4v) is 3.77. The van der Waals surface area contributed by atoms with E-state index >= 15 is 0 Å². The van der Waals surface area contributed by atoms with E-state index in [2.05, 4.69) is 26.0 Å². The normalized spacial score (nSPS) is 11.5. The Hall–Kier alpha value is -1.09. The van der Waals surface area contributed by atoms with Crippen LogP contribution in [0.1, 0.15) is 4.88 Å². The van der Waals surface area contributed by atoms with Crippen molar-refractivity contribution in [1.82, 2.24) is 4.72 Å². The summed E-state index contributed by atoms with van der Waals surface area (Å²) in [6.45, 7) is 0.637. The van der Waals surface area contributed by atoms with E-state index in [1.807, 2.05) is 11.4 Å². The van der Waals surface area contributed by atoms with Gasteiger partial charge in [-0.25, -0.2) is 13.1 Å². The number of thiophene rings is 1. The van der Waals surface area contributed by atoms with Gasteiger partial charge < -0.3 is 11.1 Å². The minimum absolute atomic E-state index is 0.155. The molecule has 0 amide bonds. The number of nitrogens with two attached hydrogens (primary N) is 1. The standard InChI is InChI=1S/C12H14BrN3O2S2/c1-15-20(17,18)10-2-3-12(11(14)5-10)16-6-9-4-8(13)7-19-9/h2-5,7,15-16H,6,14H2,1H3. The summed E-state index contributed by atoms with van der Waals surface area (Å²) in [6.07, 6.45) is 0. The summed E-state index contributed by atoms with van der Waals surface area (Å²) in [5.41, 5.74) is 6.99. The molecule has 4 N–H and O–H groups in total. The predicted molar refractivity (Wildman–Crippen MR) is 86.4 cm³/mol. The molecular weight excluding hydrogens is 362 g/mol. The molecule has 2 aromatic rings. The number of sulfonamides is 1. The Kier molecular flexibility index (Phi) is 4.69. The minimum atomic E-state index is -3.46. The summed E-state index contributed by atoms with van der Waals surface area (Å²) in [4.78, 5) is 1.31. The number of hydrogen-bond donors (Lipinski definition) is 3. The van der Waals surface area contributed by atoms with Crippen molar-refractivity contribution in [3.05, 3.63) is 39.0 Å². The molecule has 0 aliphatic rings. The van der Waals surface area contributed by atoms with Crippen molar-refractivity contribution in [2.75, 3.05) is 18.1 Å². The van der Waals surface area contributed by atoms with Crippen molar-refractivity contribution < 1.29 is 8.42 Å². The first kappa shape index (κ1) is 15.3. The molecule has 0 saturated heterocycles. The lowest BCUT2D eigenvalue weighted by atomic mass is 10.2. The Labute approximate surface area is 130 Å². The van der Waals surface area contributed by atoms with Gasteiger partial charge in [-0.3, -0.25) is 0 Å². The molecule has 0 aliphatic heterocycles. The topological polar surface area (TPSA) is 84.2 Å². The second kappa shape index (κ2) is 6.13. The molecule has 0 bridgehead atoms. The van der Waals surface area contributed by atoms with Gasteiger partial charge in [-0.2, -0.15) is 0 Å². The molecular formula is C12H14BrN3O2S2. The summed E-state index contributed by atoms with van der Waals surface area (Å²) in [5.74, 6) is 0. The van der Waals surface area contributed by atoms with Gasteiger partial charge in [0.2, 0.25) is 10.0 Å². The molecule has 0 radical (unpaired) electrons. The summed E-state index contributed by atoms with van der Waals surface area (Å²) >= 11 is 5.03. The van der Waals surface area contributed by atoms with Crippen LogP contribution in [0.15, 0.2) is 39.0 Å². The van der Waals surface area contributed by atoms with Gasteiger partial charge in [0.15, 0.2) is 0 Å². The quantitative estimate of drug-likeness (QED) is 0.701. The van der Waals surface area contributed by atoms with Crippen molar-refractivity contribution >= 4 is 48.7 Å². The molecule has 0 saturated carbocycles. The lowest BCUT2D eigenvalue weighted by Crippen LogP contribution is -2.18. The average Bonchev–Trinajstić information content (AvgIpc) is 2.83. The largest absolute Gasteiger partial charge is 0.397 e. The summed E-state index contributed by atoms with van der Waals surface area (Å²) in [5, 5.41) is 5.19. The highest BCUT2D eigenvalue weighted by Gasteiger charge is 2.12. The summed E-state index contributed by atoms with van der Waals surface area (Å²) in [7, 11) is -2.10. The van der Waals surface area contributed by atoms with Crippen LogP contribution < -0.4 is 15.8 Å². The summed E-state index contributed by atoms with van der Waals surface area (Å²) < 4.78 is 26.6. The molecule has 5 nitrogen and oxygen atoms in total. The van der Waals surface area contributed by atoms with Crippen LogP contribution >= 0.6 is 27.3 Å². The van der Waals surface area contributed by atoms with Crippen LogP contribution in [0.2, 0.25) is 0 Å². The molecule has 0 unspecified atom stereocenters. The third-order valence-electron chi connectivity index (χ3n) is 2.68. The molecule has 8 heteroatoms. The van der Waals surface area contributed by atoms with Crippen LogP contribution in [0.4, 0.5) is 11.4 Å². The van der Waals surface area contributed by atoms with Crippen molar-refractivity contribution in [3.63, 3.8) is 0 Å². The maximum atomic E-state index is 11.7. The van der Waals surface area contributed by atoms with E-state index in [9.17, 15) is 8.42 Å². The van der Waals surface area contributed by atoms with E-state index in [1.165, 1.54) is 19.2 Å². The fraction of sp³-hybridized carbons (Fsp3) is 0.167. The van der Waals surface area contributed by atoms with E-state index in [0.717, 1.165) is 9.35 Å². The maximum Gasteiger partial charge on any atom is 0.240 e. The zero-order valence-corrected chi connectivity index (χ0v) is 13.9. The van der Waals surface area contributed by atoms with Crippen LogP contribution in [0, 0.1) is 0 Å². The van der Waals surface area contributed by atoms with Gasteiger partial charge in [0, 0.05) is 21.3 Å². The van der Waals surface area contributed by atoms with Crippen LogP contribution in [0.25, 0.3) is 0 Å². The molecule has 1 aromatic carbocycles. The van der Waals surface area contributed by atoms with Crippen molar-refractivity contribution in [2.45, 2.75) is 11.4 Å². The molecule has 20 heavy (non-hydrogen) atoms. The SMILES string of the molecule is CNS(=O)(=O)c1ccc(NCc2cc(Br)cs2)c(N)c1. The molecule has 1 aromatic heterocycles. The number of hydrogen-bond acceptors (Lipinski definition) is 5. The van der Waals surface area contributed by atoms with Gasteiger partial charge >= 0.3 is 0 Å². The Bertz CT molecular complexity index is 713. The lowest BCUT2D eigenvalue weighted by Gasteiger charge is -2.10. The van der Waals surface area contributed by atoms with Gasteiger partial charge in [-0.15, -0.1) is 11.3 Å². The van der Waals surface area contributed by atoms with Crippen LogP contribution in [0.3, 0.4) is 0 Å². The first-order valence-corrected chi connectivity index (χ1v) is 8.88. The molecule has 1 heterocycles. The van der Waals surface area contributed by atoms with E-state index < -0.39 is 10.0 Å². The van der Waals surface area contributed by atoms with E-state index in [1.54, 1.807) is 17.4 Å². The summed E-state index contributed by atoms with van der Waals surface area (Å²) in [6, 6.07) is 6.66. The first-order valence-electron chi connectivity index (χ1n) is 5.72. The Morgan fingerprint density at radius 1 is 1.35 bits per heavy atom. The molecule has 108 valence electrons. The lowest BCUT2D eigenvalue weighted by molar-refractivity contribution is 0.588. The highest BCUT2D eigenvalue weighted by atomic mass is 79.9. The average molecular weight is 376 g/mol. The zero-order valence-electron chi connectivity index (χ0n) is 10.7. The smallest absolute Gasteiger partial charge is 0.240 e. The molecule has 0 aliphatic carbocycles. The predicted octanol–water partition coefficient (Wildman–Crippen LogP) is 2.61. The Balaban J connectivity index is 2.14. The minimum Gasteiger partial charge on any atom is -0.397 e. The van der Waals surface area contributed by atoms with E-state index in [4.69, 9.17) is 5.73 Å². The first-order chi connectivity index (χ1) is 9.42. The number of anilines is 2. The molecule has 0 fully saturated rings. The zero-order chi connectivity index (χ0) is 14.8. The highest BCUT2D eigenvalue weighted by Crippen LogP contribution is 2.25. The number of halogens is 1. The van der Waals surface area contributed by atoms with Crippen LogP contribution in [0.5, 0.6) is 0 Å². The monoisotopic (exact) mass is 375 g/mol. The second-order valence-electron chi connectivity index (χ2n) is 4.04. The third kappa shape index (κ3) is 3.51. The maximum absolute atomic E-state index is 11.7. The Morgan fingerprint density at radius 3 is 2.65 bits per heavy atom. The van der Waals surface area contributed by atoms with Crippen molar-refractivity contribution in [2.24, 2.45) is 0 Å². The van der Waals surface area contributed by atoms with Gasteiger partial charge in [0.05, 0.1) is 16.3 Å². The number of rotatable bonds is 5. The van der Waals surface area contributed by atoms with Crippen molar-refractivity contribution in [1.29, 1.82) is 0 Å². The van der Waals surface area contributed by atoms with Crippen LogP contribution in [-0.2, 0) is 16.6 Å². The second-order valence-corrected chi connectivity index (χ2v) is 7.84. The fourth-order valence-electron chi connectivity index (χ4n) is 1.62. The number of nitrogens with one attached hydrogen (secondary N) is 2. The van der Waals surface area contributed by atoms with Gasteiger partial charge in [0.1, 0.15) is 0 Å². The molecule has 2 rings (SSSR count). The van der Waals surface area contributed by atoms with Crippen LogP contribution in [-0.4, -0.2) is 15.5 Å². The molecule has 0 atom stereocenters. The van der Waals surface area contributed by atoms with Gasteiger partial charge in [-0.05, 0) is 47.2 Å². The van der Waals surface area contributed by atoms with E-state index in [-0.39, 0.29) is 4.90 Å². The highest BCUT2D eigenvalue weighted by molar-refractivity contribution is 9.10. The number of nitrogen functional groups attached to an aromatic ring is 1. The third-order valence-corrected chi connectivity index (χ3v) is 5.79. The van der Waals surface area contributed by atoms with Gasteiger partial charge in [0.25, 0.3) is 0 Å². The number of benzene rings is 1. The van der Waals surface area contributed by atoms with Gasteiger partial charge in [-0.1, -0.05) is 0 Å². The van der Waals surface area contributed by atoms with E-state index in [0.29, 0.717) is 17.9 Å². The Morgan fingerprint density at radius 2 is 2.10 bits per heavy atom. The van der Waals surface area contributed by atoms with Crippen molar-refractivity contribution in [3.8, 4) is 0 Å².